The van der Waals surface area contributed by atoms with Crippen LogP contribution in [0, 0.1) is 10.8 Å². The van der Waals surface area contributed by atoms with Crippen LogP contribution in [0.2, 0.25) is 0 Å². The highest BCUT2D eigenvalue weighted by molar-refractivity contribution is 5.51. The number of carbonyl (C=O) groups excluding carboxylic acids is 1. The van der Waals surface area contributed by atoms with Crippen LogP contribution in [-0.4, -0.2) is 6.29 Å². The van der Waals surface area contributed by atoms with Crippen molar-refractivity contribution in [3.05, 3.63) is 0 Å². The van der Waals surface area contributed by atoms with Gasteiger partial charge in [0, 0.05) is 6.42 Å². The number of hydrogen-bond acceptors (Lipinski definition) is 1. The molecule has 2 aliphatic carbocycles. The molecule has 0 atom stereocenters. The van der Waals surface area contributed by atoms with Crippen LogP contribution in [0.5, 0.6) is 0 Å². The summed E-state index contributed by atoms with van der Waals surface area (Å²) in [5.74, 6) is 0. The average molecular weight is 152 g/mol. The molecule has 2 bridgehead atoms. The van der Waals surface area contributed by atoms with E-state index in [2.05, 4.69) is 6.92 Å². The van der Waals surface area contributed by atoms with Gasteiger partial charge in [-0.15, -0.1) is 0 Å². The van der Waals surface area contributed by atoms with E-state index in [1.165, 1.54) is 32.1 Å². The van der Waals surface area contributed by atoms with Crippen LogP contribution in [0.1, 0.15) is 45.4 Å². The zero-order valence-corrected chi connectivity index (χ0v) is 7.23. The number of hydrogen-bond donors (Lipinski definition) is 0. The van der Waals surface area contributed by atoms with Crippen LogP contribution < -0.4 is 0 Å². The molecule has 0 amide bonds. The molecule has 0 saturated heterocycles. The van der Waals surface area contributed by atoms with Crippen molar-refractivity contribution >= 4 is 6.29 Å². The van der Waals surface area contributed by atoms with E-state index in [-0.39, 0.29) is 0 Å². The second kappa shape index (κ2) is 2.09. The Labute approximate surface area is 68.2 Å². The molecule has 2 aliphatic rings. The molecule has 0 unspecified atom stereocenters. The summed E-state index contributed by atoms with van der Waals surface area (Å²) in [5, 5.41) is 0. The van der Waals surface area contributed by atoms with Gasteiger partial charge in [-0.2, -0.15) is 0 Å². The molecule has 0 heterocycles. The van der Waals surface area contributed by atoms with Crippen LogP contribution >= 0.6 is 0 Å². The van der Waals surface area contributed by atoms with Crippen LogP contribution in [0.4, 0.5) is 0 Å². The van der Waals surface area contributed by atoms with Gasteiger partial charge >= 0.3 is 0 Å². The van der Waals surface area contributed by atoms with Gasteiger partial charge in [0.25, 0.3) is 0 Å². The van der Waals surface area contributed by atoms with Gasteiger partial charge < -0.3 is 4.79 Å². The summed E-state index contributed by atoms with van der Waals surface area (Å²) in [5.41, 5.74) is 1.07. The second-order valence-corrected chi connectivity index (χ2v) is 4.86. The van der Waals surface area contributed by atoms with Crippen LogP contribution in [0.3, 0.4) is 0 Å². The average Bonchev–Trinajstić information content (AvgIpc) is 2.42. The van der Waals surface area contributed by atoms with Gasteiger partial charge in [0.15, 0.2) is 0 Å². The van der Waals surface area contributed by atoms with Crippen molar-refractivity contribution < 1.29 is 4.79 Å². The largest absolute Gasteiger partial charge is 0.303 e. The molecule has 0 aromatic heterocycles. The summed E-state index contributed by atoms with van der Waals surface area (Å²) >= 11 is 0. The Balaban J connectivity index is 2.13. The number of carbonyl (C=O) groups is 1. The molecule has 11 heavy (non-hydrogen) atoms. The predicted molar refractivity (Wildman–Crippen MR) is 44.3 cm³/mol. The molecule has 0 aromatic rings. The van der Waals surface area contributed by atoms with Crippen molar-refractivity contribution in [3.8, 4) is 0 Å². The van der Waals surface area contributed by atoms with E-state index in [1.807, 2.05) is 0 Å². The smallest absolute Gasteiger partial charge is 0.120 e. The van der Waals surface area contributed by atoms with E-state index in [9.17, 15) is 4.79 Å². The van der Waals surface area contributed by atoms with Gasteiger partial charge in [-0.1, -0.05) is 6.92 Å². The Bertz CT molecular complexity index is 175. The highest BCUT2D eigenvalue weighted by atomic mass is 16.1. The fourth-order valence-corrected chi connectivity index (χ4v) is 3.10. The molecular formula is C10H16O. The molecule has 1 nitrogen and oxygen atoms in total. The molecule has 0 aliphatic heterocycles. The summed E-state index contributed by atoms with van der Waals surface area (Å²) in [6.45, 7) is 2.38. The summed E-state index contributed by atoms with van der Waals surface area (Å²) in [6.07, 6.45) is 8.60. The first kappa shape index (κ1) is 7.33. The molecule has 2 saturated carbocycles. The van der Waals surface area contributed by atoms with E-state index in [1.54, 1.807) is 0 Å². The first-order valence-electron chi connectivity index (χ1n) is 4.62. The van der Waals surface area contributed by atoms with Gasteiger partial charge in [0.05, 0.1) is 0 Å². The zero-order chi connectivity index (χ0) is 7.95. The zero-order valence-electron chi connectivity index (χ0n) is 7.23. The summed E-state index contributed by atoms with van der Waals surface area (Å²) in [7, 11) is 0. The third kappa shape index (κ3) is 1.02. The lowest BCUT2D eigenvalue weighted by atomic mass is 9.81. The fourth-order valence-electron chi connectivity index (χ4n) is 3.10. The van der Waals surface area contributed by atoms with Gasteiger partial charge in [-0.3, -0.25) is 0 Å². The summed E-state index contributed by atoms with van der Waals surface area (Å²) in [4.78, 5) is 10.4. The van der Waals surface area contributed by atoms with Crippen molar-refractivity contribution in [3.63, 3.8) is 0 Å². The Morgan fingerprint density at radius 2 is 1.91 bits per heavy atom. The molecule has 1 heteroatoms. The molecule has 0 aromatic carbocycles. The van der Waals surface area contributed by atoms with Crippen molar-refractivity contribution in [1.29, 1.82) is 0 Å². The van der Waals surface area contributed by atoms with Crippen molar-refractivity contribution in [1.82, 2.24) is 0 Å². The van der Waals surface area contributed by atoms with Crippen LogP contribution in [0.25, 0.3) is 0 Å². The molecular weight excluding hydrogens is 136 g/mol. The predicted octanol–water partition coefficient (Wildman–Crippen LogP) is 2.55. The van der Waals surface area contributed by atoms with Gasteiger partial charge in [-0.05, 0) is 42.9 Å². The maximum atomic E-state index is 10.4. The molecule has 62 valence electrons. The molecule has 0 N–H and O–H groups in total. The van der Waals surface area contributed by atoms with Crippen LogP contribution in [-0.2, 0) is 4.79 Å². The number of rotatable bonds is 2. The molecule has 2 fully saturated rings. The fraction of sp³-hybridized carbons (Fsp3) is 0.900. The SMILES string of the molecule is CC12CCC(CC=O)(CC1)C2. The summed E-state index contributed by atoms with van der Waals surface area (Å²) < 4.78 is 0. The minimum Gasteiger partial charge on any atom is -0.303 e. The lowest BCUT2D eigenvalue weighted by Gasteiger charge is -2.23. The van der Waals surface area contributed by atoms with Crippen molar-refractivity contribution in [2.75, 3.05) is 0 Å². The Hall–Kier alpha value is -0.330. The van der Waals surface area contributed by atoms with E-state index < -0.39 is 0 Å². The van der Waals surface area contributed by atoms with E-state index in [4.69, 9.17) is 0 Å². The third-order valence-electron chi connectivity index (χ3n) is 3.84. The summed E-state index contributed by atoms with van der Waals surface area (Å²) in [6, 6.07) is 0. The van der Waals surface area contributed by atoms with E-state index in [0.29, 0.717) is 10.8 Å². The third-order valence-corrected chi connectivity index (χ3v) is 3.84. The van der Waals surface area contributed by atoms with Gasteiger partial charge in [0.1, 0.15) is 6.29 Å². The number of fused-ring (bicyclic) bond motifs is 2. The first-order chi connectivity index (χ1) is 5.18. The molecule has 0 radical (unpaired) electrons. The molecule has 2 rings (SSSR count). The van der Waals surface area contributed by atoms with Crippen LogP contribution in [0.15, 0.2) is 0 Å². The quantitative estimate of drug-likeness (QED) is 0.556. The Morgan fingerprint density at radius 3 is 2.27 bits per heavy atom. The van der Waals surface area contributed by atoms with Crippen molar-refractivity contribution in [2.45, 2.75) is 45.4 Å². The van der Waals surface area contributed by atoms with E-state index in [0.717, 1.165) is 12.7 Å². The number of aldehydes is 1. The minimum atomic E-state index is 0.455. The Kier molecular flexibility index (Phi) is 1.39. The van der Waals surface area contributed by atoms with Gasteiger partial charge in [0.2, 0.25) is 0 Å². The lowest BCUT2D eigenvalue weighted by Crippen LogP contribution is -2.13. The highest BCUT2D eigenvalue weighted by Crippen LogP contribution is 2.62. The van der Waals surface area contributed by atoms with Gasteiger partial charge in [-0.25, -0.2) is 0 Å². The molecule has 0 spiro atoms. The van der Waals surface area contributed by atoms with Crippen molar-refractivity contribution in [2.24, 2.45) is 10.8 Å². The highest BCUT2D eigenvalue weighted by Gasteiger charge is 2.50. The standard InChI is InChI=1S/C10H16O/c1-9-2-4-10(8-9,5-3-9)6-7-11/h7H,2-6,8H2,1H3. The topological polar surface area (TPSA) is 17.1 Å². The minimum absolute atomic E-state index is 0.455. The first-order valence-corrected chi connectivity index (χ1v) is 4.62. The Morgan fingerprint density at radius 1 is 1.27 bits per heavy atom. The lowest BCUT2D eigenvalue weighted by molar-refractivity contribution is -0.109. The monoisotopic (exact) mass is 152 g/mol. The normalized spacial score (nSPS) is 48.1. The maximum Gasteiger partial charge on any atom is 0.120 e. The maximum absolute atomic E-state index is 10.4. The second-order valence-electron chi connectivity index (χ2n) is 4.86. The van der Waals surface area contributed by atoms with E-state index >= 15 is 0 Å².